The van der Waals surface area contributed by atoms with Crippen LogP contribution in [0.1, 0.15) is 51.3 Å². The number of anilines is 4. The van der Waals surface area contributed by atoms with Gasteiger partial charge in [0.15, 0.2) is 0 Å². The Morgan fingerprint density at radius 2 is 1.96 bits per heavy atom. The Balaban J connectivity index is 1.81. The maximum Gasteiger partial charge on any atom is 0.229 e. The van der Waals surface area contributed by atoms with Gasteiger partial charge in [0.2, 0.25) is 5.95 Å². The lowest BCUT2D eigenvalue weighted by Gasteiger charge is -2.35. The Labute approximate surface area is 163 Å². The molecule has 0 aromatic carbocycles. The largest absolute Gasteiger partial charge is 0.357 e. The first-order valence-electron chi connectivity index (χ1n) is 9.94. The summed E-state index contributed by atoms with van der Waals surface area (Å²) in [4.78, 5) is 18.5. The van der Waals surface area contributed by atoms with E-state index in [1.54, 1.807) is 0 Å². The van der Waals surface area contributed by atoms with Gasteiger partial charge in [-0.15, -0.1) is 0 Å². The van der Waals surface area contributed by atoms with Crippen LogP contribution in [0.15, 0.2) is 18.3 Å². The van der Waals surface area contributed by atoms with E-state index in [2.05, 4.69) is 65.9 Å². The lowest BCUT2D eigenvalue weighted by atomic mass is 10.0. The van der Waals surface area contributed by atoms with Crippen LogP contribution < -0.4 is 15.1 Å². The fraction of sp³-hybridized carbons (Fsp3) is 0.571. The van der Waals surface area contributed by atoms with E-state index in [0.717, 1.165) is 29.6 Å². The van der Waals surface area contributed by atoms with E-state index in [9.17, 15) is 0 Å². The Morgan fingerprint density at radius 1 is 1.19 bits per heavy atom. The fourth-order valence-electron chi connectivity index (χ4n) is 3.53. The molecule has 1 aliphatic rings. The molecular formula is C21H32N6. The molecule has 2 aromatic heterocycles. The highest BCUT2D eigenvalue weighted by Crippen LogP contribution is 2.28. The molecule has 3 rings (SSSR count). The minimum atomic E-state index is 0.377. The van der Waals surface area contributed by atoms with Crippen LogP contribution in [0.25, 0.3) is 0 Å². The van der Waals surface area contributed by atoms with Gasteiger partial charge in [-0.25, -0.2) is 9.97 Å². The highest BCUT2D eigenvalue weighted by Gasteiger charge is 2.21. The highest BCUT2D eigenvalue weighted by atomic mass is 15.2. The molecule has 27 heavy (non-hydrogen) atoms. The molecule has 1 unspecified atom stereocenters. The van der Waals surface area contributed by atoms with E-state index < -0.39 is 0 Å². The predicted molar refractivity (Wildman–Crippen MR) is 113 cm³/mol. The number of nitrogens with zero attached hydrogens (tertiary/aromatic N) is 5. The Bertz CT molecular complexity index is 788. The van der Waals surface area contributed by atoms with E-state index in [1.807, 2.05) is 19.2 Å². The van der Waals surface area contributed by atoms with Gasteiger partial charge in [-0.05, 0) is 65.5 Å². The lowest BCUT2D eigenvalue weighted by Crippen LogP contribution is -2.38. The van der Waals surface area contributed by atoms with Crippen LogP contribution in [0, 0.1) is 13.8 Å². The Kier molecular flexibility index (Phi) is 5.82. The molecule has 3 heterocycles. The SMILES string of the molecule is Cc1cc(N(C)C(C)C)nc(Nc2cnc(N3CCCCC3C)c(C)c2)n1. The lowest BCUT2D eigenvalue weighted by molar-refractivity contribution is 0.480. The van der Waals surface area contributed by atoms with E-state index in [0.29, 0.717) is 18.0 Å². The zero-order chi connectivity index (χ0) is 19.6. The summed E-state index contributed by atoms with van der Waals surface area (Å²) in [6.07, 6.45) is 5.69. The second kappa shape index (κ2) is 8.11. The molecule has 0 amide bonds. The Hall–Kier alpha value is -2.37. The monoisotopic (exact) mass is 368 g/mol. The van der Waals surface area contributed by atoms with Crippen molar-refractivity contribution < 1.29 is 0 Å². The molecule has 0 spiro atoms. The van der Waals surface area contributed by atoms with E-state index in [-0.39, 0.29) is 0 Å². The van der Waals surface area contributed by atoms with E-state index in [1.165, 1.54) is 24.8 Å². The molecule has 0 aliphatic carbocycles. The topological polar surface area (TPSA) is 57.2 Å². The molecule has 0 bridgehead atoms. The second-order valence-corrected chi connectivity index (χ2v) is 7.92. The van der Waals surface area contributed by atoms with E-state index in [4.69, 9.17) is 4.98 Å². The minimum Gasteiger partial charge on any atom is -0.357 e. The van der Waals surface area contributed by atoms with Gasteiger partial charge in [0.05, 0.1) is 11.9 Å². The third-order valence-electron chi connectivity index (χ3n) is 5.36. The number of piperidine rings is 1. The molecule has 1 aliphatic heterocycles. The highest BCUT2D eigenvalue weighted by molar-refractivity contribution is 5.60. The molecule has 1 atom stereocenters. The summed E-state index contributed by atoms with van der Waals surface area (Å²) in [5.41, 5.74) is 3.05. The van der Waals surface area contributed by atoms with Crippen molar-refractivity contribution in [3.05, 3.63) is 29.6 Å². The number of hydrogen-bond donors (Lipinski definition) is 1. The number of pyridine rings is 1. The van der Waals surface area contributed by atoms with Gasteiger partial charge in [-0.1, -0.05) is 0 Å². The smallest absolute Gasteiger partial charge is 0.229 e. The molecule has 0 radical (unpaired) electrons. The standard InChI is InChI=1S/C21H32N6/c1-14(2)26(6)19-12-16(4)23-21(25-19)24-18-11-15(3)20(22-13-18)27-10-8-7-9-17(27)5/h11-14,17H,7-10H2,1-6H3,(H,23,24,25). The normalized spacial score (nSPS) is 17.3. The number of aryl methyl sites for hydroxylation is 2. The van der Waals surface area contributed by atoms with Gasteiger partial charge in [-0.2, -0.15) is 4.98 Å². The first-order valence-corrected chi connectivity index (χ1v) is 9.94. The van der Waals surface area contributed by atoms with Crippen molar-refractivity contribution in [3.8, 4) is 0 Å². The number of hydrogen-bond acceptors (Lipinski definition) is 6. The molecule has 2 aromatic rings. The summed E-state index contributed by atoms with van der Waals surface area (Å²) in [5, 5.41) is 3.33. The summed E-state index contributed by atoms with van der Waals surface area (Å²) < 4.78 is 0. The summed E-state index contributed by atoms with van der Waals surface area (Å²) in [5.74, 6) is 2.62. The van der Waals surface area contributed by atoms with Crippen LogP contribution in [0.2, 0.25) is 0 Å². The van der Waals surface area contributed by atoms with Gasteiger partial charge < -0.3 is 15.1 Å². The summed E-state index contributed by atoms with van der Waals surface area (Å²) >= 11 is 0. The molecular weight excluding hydrogens is 336 g/mol. The molecule has 1 fully saturated rings. The van der Waals surface area contributed by atoms with Crippen LogP contribution in [0.5, 0.6) is 0 Å². The third-order valence-corrected chi connectivity index (χ3v) is 5.36. The first kappa shape index (κ1) is 19.4. The average Bonchev–Trinajstić information content (AvgIpc) is 2.61. The zero-order valence-electron chi connectivity index (χ0n) is 17.5. The fourth-order valence-corrected chi connectivity index (χ4v) is 3.53. The minimum absolute atomic E-state index is 0.377. The summed E-state index contributed by atoms with van der Waals surface area (Å²) in [6, 6.07) is 5.08. The van der Waals surface area contributed by atoms with Gasteiger partial charge in [-0.3, -0.25) is 0 Å². The molecule has 1 N–H and O–H groups in total. The predicted octanol–water partition coefficient (Wildman–Crippen LogP) is 4.46. The number of aromatic nitrogens is 3. The van der Waals surface area contributed by atoms with Gasteiger partial charge in [0.25, 0.3) is 0 Å². The van der Waals surface area contributed by atoms with Gasteiger partial charge in [0, 0.05) is 37.4 Å². The zero-order valence-corrected chi connectivity index (χ0v) is 17.5. The van der Waals surface area contributed by atoms with Crippen molar-refractivity contribution in [2.24, 2.45) is 0 Å². The van der Waals surface area contributed by atoms with Crippen molar-refractivity contribution in [2.45, 2.75) is 66.0 Å². The van der Waals surface area contributed by atoms with Crippen LogP contribution in [-0.4, -0.2) is 40.6 Å². The summed E-state index contributed by atoms with van der Waals surface area (Å²) in [6.45, 7) is 11.8. The van der Waals surface area contributed by atoms with Crippen LogP contribution >= 0.6 is 0 Å². The van der Waals surface area contributed by atoms with Crippen molar-refractivity contribution in [1.82, 2.24) is 15.0 Å². The average molecular weight is 369 g/mol. The quantitative estimate of drug-likeness (QED) is 0.841. The van der Waals surface area contributed by atoms with Gasteiger partial charge >= 0.3 is 0 Å². The van der Waals surface area contributed by atoms with E-state index >= 15 is 0 Å². The van der Waals surface area contributed by atoms with Crippen molar-refractivity contribution in [2.75, 3.05) is 28.7 Å². The third kappa shape index (κ3) is 4.49. The maximum absolute atomic E-state index is 4.75. The van der Waals surface area contributed by atoms with Crippen molar-refractivity contribution in [1.29, 1.82) is 0 Å². The maximum atomic E-state index is 4.75. The second-order valence-electron chi connectivity index (χ2n) is 7.92. The first-order chi connectivity index (χ1) is 12.8. The van der Waals surface area contributed by atoms with Crippen LogP contribution in [0.4, 0.5) is 23.3 Å². The van der Waals surface area contributed by atoms with Crippen LogP contribution in [0.3, 0.4) is 0 Å². The Morgan fingerprint density at radius 3 is 2.63 bits per heavy atom. The molecule has 146 valence electrons. The number of rotatable bonds is 5. The molecule has 1 saturated heterocycles. The van der Waals surface area contributed by atoms with Crippen molar-refractivity contribution in [3.63, 3.8) is 0 Å². The molecule has 6 heteroatoms. The van der Waals surface area contributed by atoms with Crippen molar-refractivity contribution >= 4 is 23.3 Å². The van der Waals surface area contributed by atoms with Gasteiger partial charge in [0.1, 0.15) is 11.6 Å². The molecule has 6 nitrogen and oxygen atoms in total. The number of nitrogens with one attached hydrogen (secondary N) is 1. The molecule has 0 saturated carbocycles. The summed E-state index contributed by atoms with van der Waals surface area (Å²) in [7, 11) is 2.05. The van der Waals surface area contributed by atoms with Crippen LogP contribution in [-0.2, 0) is 0 Å².